The van der Waals surface area contributed by atoms with Crippen molar-refractivity contribution >= 4 is 0 Å². The van der Waals surface area contributed by atoms with Crippen molar-refractivity contribution < 1.29 is 4.74 Å². The fourth-order valence-corrected chi connectivity index (χ4v) is 2.74. The summed E-state index contributed by atoms with van der Waals surface area (Å²) in [6.07, 6.45) is 7.64. The van der Waals surface area contributed by atoms with Gasteiger partial charge in [0, 0.05) is 6.54 Å². The molecule has 0 radical (unpaired) electrons. The number of allylic oxidation sites excluding steroid dienone is 1. The first-order valence-corrected chi connectivity index (χ1v) is 7.83. The molecule has 110 valence electrons. The zero-order valence-corrected chi connectivity index (χ0v) is 12.8. The van der Waals surface area contributed by atoms with Crippen LogP contribution in [0.25, 0.3) is 0 Å². The molecule has 0 spiro atoms. The van der Waals surface area contributed by atoms with E-state index in [1.165, 1.54) is 44.1 Å². The smallest absolute Gasteiger partial charge is 0.186 e. The monoisotopic (exact) mass is 266 g/mol. The van der Waals surface area contributed by atoms with Crippen LogP contribution in [0, 0.1) is 11.8 Å². The molecule has 0 heterocycles. The molecule has 0 aliphatic heterocycles. The normalized spacial score (nSPS) is 27.1. The minimum absolute atomic E-state index is 0.102. The molecule has 2 aliphatic rings. The van der Waals surface area contributed by atoms with Crippen molar-refractivity contribution in [3.05, 3.63) is 11.5 Å². The van der Waals surface area contributed by atoms with Crippen molar-refractivity contribution in [1.82, 2.24) is 5.32 Å². The van der Waals surface area contributed by atoms with E-state index in [9.17, 15) is 0 Å². The molecule has 2 rings (SSSR count). The third-order valence-electron chi connectivity index (χ3n) is 4.08. The van der Waals surface area contributed by atoms with Crippen molar-refractivity contribution in [1.29, 1.82) is 0 Å². The third-order valence-corrected chi connectivity index (χ3v) is 4.08. The van der Waals surface area contributed by atoms with Crippen LogP contribution in [0.5, 0.6) is 0 Å². The predicted molar refractivity (Wildman–Crippen MR) is 79.6 cm³/mol. The highest BCUT2D eigenvalue weighted by Gasteiger charge is 2.25. The Hall–Kier alpha value is -0.700. The van der Waals surface area contributed by atoms with E-state index in [-0.39, 0.29) is 5.60 Å². The number of nitrogens with two attached hydrogens (primary N) is 1. The summed E-state index contributed by atoms with van der Waals surface area (Å²) < 4.78 is 6.04. The molecular formula is C16H30N2O. The van der Waals surface area contributed by atoms with Gasteiger partial charge in [-0.1, -0.05) is 0 Å². The average molecular weight is 266 g/mol. The van der Waals surface area contributed by atoms with Crippen LogP contribution in [0.15, 0.2) is 11.5 Å². The van der Waals surface area contributed by atoms with Gasteiger partial charge >= 0.3 is 0 Å². The largest absolute Gasteiger partial charge is 0.474 e. The van der Waals surface area contributed by atoms with Gasteiger partial charge in [-0.05, 0) is 83.2 Å². The lowest BCUT2D eigenvalue weighted by molar-refractivity contribution is 0.0377. The Balaban J connectivity index is 1.76. The van der Waals surface area contributed by atoms with E-state index in [1.54, 1.807) is 0 Å². The minimum Gasteiger partial charge on any atom is -0.474 e. The van der Waals surface area contributed by atoms with Crippen LogP contribution in [0.4, 0.5) is 0 Å². The molecule has 2 fully saturated rings. The van der Waals surface area contributed by atoms with Crippen molar-refractivity contribution in [3.63, 3.8) is 0 Å². The van der Waals surface area contributed by atoms with Crippen LogP contribution in [-0.4, -0.2) is 18.7 Å². The highest BCUT2D eigenvalue weighted by molar-refractivity contribution is 5.20. The van der Waals surface area contributed by atoms with Crippen molar-refractivity contribution in [3.8, 4) is 0 Å². The Morgan fingerprint density at radius 2 is 1.74 bits per heavy atom. The molecule has 0 bridgehead atoms. The summed E-state index contributed by atoms with van der Waals surface area (Å²) in [5.41, 5.74) is 7.11. The van der Waals surface area contributed by atoms with Gasteiger partial charge in [0.2, 0.25) is 0 Å². The first-order valence-electron chi connectivity index (χ1n) is 7.83. The molecule has 0 aromatic heterocycles. The van der Waals surface area contributed by atoms with Crippen LogP contribution in [0.3, 0.4) is 0 Å². The summed E-state index contributed by atoms with van der Waals surface area (Å²) in [7, 11) is 0. The molecule has 0 saturated heterocycles. The molecule has 0 atom stereocenters. The van der Waals surface area contributed by atoms with E-state index in [2.05, 4.69) is 26.1 Å². The van der Waals surface area contributed by atoms with Gasteiger partial charge in [0.05, 0.1) is 0 Å². The van der Waals surface area contributed by atoms with Crippen molar-refractivity contribution in [2.24, 2.45) is 17.6 Å². The Labute approximate surface area is 118 Å². The molecule has 0 aromatic rings. The van der Waals surface area contributed by atoms with Crippen molar-refractivity contribution in [2.75, 3.05) is 13.1 Å². The molecule has 2 saturated carbocycles. The first-order chi connectivity index (χ1) is 8.98. The maximum atomic E-state index is 6.04. The van der Waals surface area contributed by atoms with E-state index in [4.69, 9.17) is 10.5 Å². The van der Waals surface area contributed by atoms with E-state index in [0.717, 1.165) is 30.8 Å². The summed E-state index contributed by atoms with van der Waals surface area (Å²) >= 11 is 0. The van der Waals surface area contributed by atoms with Gasteiger partial charge in [-0.2, -0.15) is 0 Å². The molecule has 3 heteroatoms. The van der Waals surface area contributed by atoms with E-state index >= 15 is 0 Å². The van der Waals surface area contributed by atoms with Crippen LogP contribution in [0.2, 0.25) is 0 Å². The Bertz CT molecular complexity index is 316. The fourth-order valence-electron chi connectivity index (χ4n) is 2.74. The van der Waals surface area contributed by atoms with Gasteiger partial charge in [-0.15, -0.1) is 0 Å². The summed E-state index contributed by atoms with van der Waals surface area (Å²) in [5, 5.41) is 3.57. The van der Waals surface area contributed by atoms with Crippen LogP contribution < -0.4 is 11.1 Å². The molecular weight excluding hydrogens is 236 g/mol. The standard InChI is InChI=1S/C16H30N2O/c1-16(2,3)19-15(14-8-9-14)18-11-13-6-4-12(10-17)5-7-13/h12-13,18H,4-11,17H2,1-3H3. The molecule has 3 N–H and O–H groups in total. The number of hydrogen-bond donors (Lipinski definition) is 2. The second-order valence-corrected chi connectivity index (χ2v) is 7.15. The third kappa shape index (κ3) is 5.06. The maximum absolute atomic E-state index is 6.04. The topological polar surface area (TPSA) is 47.3 Å². The van der Waals surface area contributed by atoms with E-state index < -0.39 is 0 Å². The molecule has 0 aromatic carbocycles. The average Bonchev–Trinajstić information content (AvgIpc) is 3.18. The summed E-state index contributed by atoms with van der Waals surface area (Å²) in [5.74, 6) is 2.62. The van der Waals surface area contributed by atoms with Crippen LogP contribution in [0.1, 0.15) is 59.3 Å². The minimum atomic E-state index is -0.102. The summed E-state index contributed by atoms with van der Waals surface area (Å²) in [4.78, 5) is 0. The second-order valence-electron chi connectivity index (χ2n) is 7.15. The van der Waals surface area contributed by atoms with Gasteiger partial charge in [-0.3, -0.25) is 0 Å². The first kappa shape index (κ1) is 14.7. The zero-order chi connectivity index (χ0) is 13.9. The van der Waals surface area contributed by atoms with E-state index in [0.29, 0.717) is 0 Å². The second kappa shape index (κ2) is 6.17. The van der Waals surface area contributed by atoms with E-state index in [1.807, 2.05) is 0 Å². The van der Waals surface area contributed by atoms with Gasteiger partial charge in [0.1, 0.15) is 5.60 Å². The SMILES string of the molecule is CC(C)(C)OC(NCC1CCC(CN)CC1)=C1CC1. The Morgan fingerprint density at radius 1 is 1.16 bits per heavy atom. The van der Waals surface area contributed by atoms with Crippen LogP contribution in [-0.2, 0) is 4.74 Å². The lowest BCUT2D eigenvalue weighted by Gasteiger charge is -2.30. The van der Waals surface area contributed by atoms with Crippen LogP contribution >= 0.6 is 0 Å². The zero-order valence-electron chi connectivity index (χ0n) is 12.8. The number of nitrogens with one attached hydrogen (secondary N) is 1. The van der Waals surface area contributed by atoms with Gasteiger partial charge < -0.3 is 15.8 Å². The Kier molecular flexibility index (Phi) is 4.77. The molecule has 19 heavy (non-hydrogen) atoms. The molecule has 3 nitrogen and oxygen atoms in total. The molecule has 0 amide bonds. The maximum Gasteiger partial charge on any atom is 0.186 e. The summed E-state index contributed by atoms with van der Waals surface area (Å²) in [6, 6.07) is 0. The quantitative estimate of drug-likeness (QED) is 0.751. The van der Waals surface area contributed by atoms with Crippen molar-refractivity contribution in [2.45, 2.75) is 64.9 Å². The highest BCUT2D eigenvalue weighted by atomic mass is 16.5. The number of ether oxygens (including phenoxy) is 1. The Morgan fingerprint density at radius 3 is 2.21 bits per heavy atom. The number of rotatable bonds is 5. The fraction of sp³-hybridized carbons (Fsp3) is 0.875. The molecule has 0 unspecified atom stereocenters. The lowest BCUT2D eigenvalue weighted by Crippen LogP contribution is -2.31. The molecule has 2 aliphatic carbocycles. The van der Waals surface area contributed by atoms with Gasteiger partial charge in [0.25, 0.3) is 0 Å². The predicted octanol–water partition coefficient (Wildman–Crippen LogP) is 3.16. The number of hydrogen-bond acceptors (Lipinski definition) is 3. The van der Waals surface area contributed by atoms with Gasteiger partial charge in [-0.25, -0.2) is 0 Å². The van der Waals surface area contributed by atoms with Gasteiger partial charge in [0.15, 0.2) is 5.88 Å². The summed E-state index contributed by atoms with van der Waals surface area (Å²) in [6.45, 7) is 8.27. The highest BCUT2D eigenvalue weighted by Crippen LogP contribution is 2.33. The lowest BCUT2D eigenvalue weighted by atomic mass is 9.82.